The van der Waals surface area contributed by atoms with Crippen LogP contribution in [0.5, 0.6) is 0 Å². The van der Waals surface area contributed by atoms with Crippen LogP contribution in [0.25, 0.3) is 17.4 Å². The van der Waals surface area contributed by atoms with Gasteiger partial charge < -0.3 is 14.3 Å². The number of amides is 2. The van der Waals surface area contributed by atoms with Gasteiger partial charge in [-0.05, 0) is 48.5 Å². The first kappa shape index (κ1) is 19.4. The average molecular weight is 401 g/mol. The van der Waals surface area contributed by atoms with Crippen molar-refractivity contribution in [1.29, 1.82) is 0 Å². The lowest BCUT2D eigenvalue weighted by Crippen LogP contribution is -2.34. The molecule has 0 aliphatic carbocycles. The van der Waals surface area contributed by atoms with Gasteiger partial charge in [-0.3, -0.25) is 19.3 Å². The van der Waals surface area contributed by atoms with Crippen molar-refractivity contribution in [2.75, 3.05) is 13.7 Å². The Balaban J connectivity index is 1.86. The highest BCUT2D eigenvalue weighted by molar-refractivity contribution is 8.18. The number of aromatic carboxylic acids is 1. The van der Waals surface area contributed by atoms with Crippen LogP contribution < -0.4 is 0 Å². The molecule has 1 N–H and O–H groups in total. The second-order valence-electron chi connectivity index (χ2n) is 5.88. The van der Waals surface area contributed by atoms with Crippen molar-refractivity contribution in [3.8, 4) is 11.3 Å². The molecule has 0 atom stereocenters. The summed E-state index contributed by atoms with van der Waals surface area (Å²) in [7, 11) is 1.17. The van der Waals surface area contributed by atoms with E-state index >= 15 is 0 Å². The van der Waals surface area contributed by atoms with E-state index in [2.05, 4.69) is 4.74 Å². The van der Waals surface area contributed by atoms with E-state index in [9.17, 15) is 19.2 Å². The third-order valence-corrected chi connectivity index (χ3v) is 4.95. The van der Waals surface area contributed by atoms with Crippen LogP contribution in [-0.2, 0) is 14.3 Å². The van der Waals surface area contributed by atoms with Gasteiger partial charge in [-0.15, -0.1) is 0 Å². The number of carbonyl (C=O) groups excluding carboxylic acids is 3. The molecule has 2 aromatic rings. The van der Waals surface area contributed by atoms with E-state index < -0.39 is 29.6 Å². The zero-order valence-corrected chi connectivity index (χ0v) is 15.7. The lowest BCUT2D eigenvalue weighted by atomic mass is 10.0. The summed E-state index contributed by atoms with van der Waals surface area (Å²) in [5.41, 5.74) is 1.56. The standard InChI is InChI=1S/C19H15NO7S/c1-10-3-4-11(18(23)24)7-13(10)14-6-5-12(27-14)8-15-17(22)20(19(25)28-15)9-16(21)26-2/h3-8H,9H2,1-2H3,(H,23,24)/b15-8-. The van der Waals surface area contributed by atoms with Gasteiger partial charge in [0.05, 0.1) is 17.6 Å². The summed E-state index contributed by atoms with van der Waals surface area (Å²) in [5, 5.41) is 8.58. The van der Waals surface area contributed by atoms with Crippen molar-refractivity contribution < 1.29 is 33.4 Å². The van der Waals surface area contributed by atoms with Crippen LogP contribution in [-0.4, -0.2) is 46.7 Å². The van der Waals surface area contributed by atoms with Gasteiger partial charge in [0, 0.05) is 11.6 Å². The van der Waals surface area contributed by atoms with Gasteiger partial charge in [0.2, 0.25) is 0 Å². The molecular formula is C19H15NO7S. The number of nitrogens with zero attached hydrogens (tertiary/aromatic N) is 1. The number of esters is 1. The summed E-state index contributed by atoms with van der Waals surface area (Å²) in [6.07, 6.45) is 1.40. The number of thioether (sulfide) groups is 1. The third kappa shape index (κ3) is 3.84. The summed E-state index contributed by atoms with van der Waals surface area (Å²) in [6.45, 7) is 1.37. The molecule has 1 fully saturated rings. The largest absolute Gasteiger partial charge is 0.478 e. The number of ether oxygens (including phenoxy) is 1. The van der Waals surface area contributed by atoms with E-state index in [1.807, 2.05) is 6.92 Å². The summed E-state index contributed by atoms with van der Waals surface area (Å²) in [5.74, 6) is -1.60. The number of furan rings is 1. The lowest BCUT2D eigenvalue weighted by Gasteiger charge is -2.09. The van der Waals surface area contributed by atoms with E-state index in [0.717, 1.165) is 10.5 Å². The van der Waals surface area contributed by atoms with Crippen LogP contribution in [0.4, 0.5) is 4.79 Å². The smallest absolute Gasteiger partial charge is 0.335 e. The SMILES string of the molecule is COC(=O)CN1C(=O)S/C(=C\c2ccc(-c3cc(C(=O)O)ccc3C)o2)C1=O. The van der Waals surface area contributed by atoms with Crippen LogP contribution in [0.2, 0.25) is 0 Å². The van der Waals surface area contributed by atoms with E-state index in [0.29, 0.717) is 28.8 Å². The molecule has 28 heavy (non-hydrogen) atoms. The van der Waals surface area contributed by atoms with Gasteiger partial charge in [-0.1, -0.05) is 6.07 Å². The molecule has 0 radical (unpaired) electrons. The number of carbonyl (C=O) groups is 4. The van der Waals surface area contributed by atoms with Crippen LogP contribution in [0.15, 0.2) is 39.7 Å². The number of carboxylic acid groups (broad SMARTS) is 1. The van der Waals surface area contributed by atoms with Crippen LogP contribution in [0.3, 0.4) is 0 Å². The molecular weight excluding hydrogens is 386 g/mol. The summed E-state index contributed by atoms with van der Waals surface area (Å²) in [4.78, 5) is 47.7. The minimum atomic E-state index is -1.05. The van der Waals surface area contributed by atoms with Crippen LogP contribution >= 0.6 is 11.8 Å². The molecule has 0 bridgehead atoms. The van der Waals surface area contributed by atoms with Gasteiger partial charge in [0.15, 0.2) is 0 Å². The molecule has 0 unspecified atom stereocenters. The molecule has 2 heterocycles. The number of imide groups is 1. The van der Waals surface area contributed by atoms with Crippen LogP contribution in [0.1, 0.15) is 21.7 Å². The molecule has 144 valence electrons. The Kier molecular flexibility index (Phi) is 5.36. The highest BCUT2D eigenvalue weighted by Crippen LogP contribution is 2.33. The fraction of sp³-hybridized carbons (Fsp3) is 0.158. The Hall–Kier alpha value is -3.33. The van der Waals surface area contributed by atoms with Crippen molar-refractivity contribution in [3.63, 3.8) is 0 Å². The normalized spacial score (nSPS) is 15.4. The first-order chi connectivity index (χ1) is 13.3. The number of aryl methyl sites for hydroxylation is 1. The van der Waals surface area contributed by atoms with Gasteiger partial charge in [0.25, 0.3) is 11.1 Å². The Labute approximate surface area is 163 Å². The lowest BCUT2D eigenvalue weighted by molar-refractivity contribution is -0.143. The van der Waals surface area contributed by atoms with E-state index in [1.54, 1.807) is 18.2 Å². The number of hydrogen-bond donors (Lipinski definition) is 1. The Morgan fingerprint density at radius 1 is 1.25 bits per heavy atom. The predicted molar refractivity (Wildman–Crippen MR) is 101 cm³/mol. The summed E-state index contributed by atoms with van der Waals surface area (Å²) in [6, 6.07) is 7.95. The zero-order valence-electron chi connectivity index (χ0n) is 14.9. The predicted octanol–water partition coefficient (Wildman–Crippen LogP) is 3.16. The van der Waals surface area contributed by atoms with E-state index in [1.165, 1.54) is 25.3 Å². The first-order valence-corrected chi connectivity index (χ1v) is 8.88. The first-order valence-electron chi connectivity index (χ1n) is 8.06. The van der Waals surface area contributed by atoms with Crippen molar-refractivity contribution in [2.45, 2.75) is 6.92 Å². The number of carboxylic acids is 1. The van der Waals surface area contributed by atoms with Gasteiger partial charge >= 0.3 is 11.9 Å². The average Bonchev–Trinajstić information content (AvgIpc) is 3.22. The van der Waals surface area contributed by atoms with Crippen molar-refractivity contribution >= 4 is 40.9 Å². The highest BCUT2D eigenvalue weighted by atomic mass is 32.2. The molecule has 1 aliphatic rings. The summed E-state index contributed by atoms with van der Waals surface area (Å²) < 4.78 is 10.2. The fourth-order valence-electron chi connectivity index (χ4n) is 2.55. The molecule has 0 saturated carbocycles. The molecule has 3 rings (SSSR count). The third-order valence-electron chi connectivity index (χ3n) is 4.04. The summed E-state index contributed by atoms with van der Waals surface area (Å²) >= 11 is 0.697. The maximum absolute atomic E-state index is 12.3. The maximum atomic E-state index is 12.3. The number of methoxy groups -OCH3 is 1. The van der Waals surface area contributed by atoms with Crippen molar-refractivity contribution in [1.82, 2.24) is 4.90 Å². The number of rotatable bonds is 5. The molecule has 1 aliphatic heterocycles. The second kappa shape index (κ2) is 7.73. The number of benzene rings is 1. The second-order valence-corrected chi connectivity index (χ2v) is 6.87. The van der Waals surface area contributed by atoms with Crippen molar-refractivity contribution in [2.24, 2.45) is 0 Å². The number of hydrogen-bond acceptors (Lipinski definition) is 7. The van der Waals surface area contributed by atoms with Crippen molar-refractivity contribution in [3.05, 3.63) is 52.1 Å². The minimum absolute atomic E-state index is 0.116. The minimum Gasteiger partial charge on any atom is -0.478 e. The Morgan fingerprint density at radius 2 is 2.00 bits per heavy atom. The topological polar surface area (TPSA) is 114 Å². The van der Waals surface area contributed by atoms with E-state index in [4.69, 9.17) is 9.52 Å². The van der Waals surface area contributed by atoms with E-state index in [-0.39, 0.29) is 10.5 Å². The molecule has 2 amide bonds. The highest BCUT2D eigenvalue weighted by Gasteiger charge is 2.36. The maximum Gasteiger partial charge on any atom is 0.335 e. The van der Waals surface area contributed by atoms with Crippen LogP contribution in [0, 0.1) is 6.92 Å². The fourth-order valence-corrected chi connectivity index (χ4v) is 3.37. The molecule has 0 spiro atoms. The van der Waals surface area contributed by atoms with Gasteiger partial charge in [-0.2, -0.15) is 0 Å². The molecule has 8 nitrogen and oxygen atoms in total. The molecule has 1 aromatic heterocycles. The molecule has 1 saturated heterocycles. The Morgan fingerprint density at radius 3 is 2.68 bits per heavy atom. The zero-order chi connectivity index (χ0) is 20.4. The van der Waals surface area contributed by atoms with Gasteiger partial charge in [0.1, 0.15) is 18.1 Å². The molecule has 9 heteroatoms. The monoisotopic (exact) mass is 401 g/mol. The molecule has 1 aromatic carbocycles. The van der Waals surface area contributed by atoms with Gasteiger partial charge in [-0.25, -0.2) is 4.79 Å². The Bertz CT molecular complexity index is 1020. The quantitative estimate of drug-likeness (QED) is 0.600.